The summed E-state index contributed by atoms with van der Waals surface area (Å²) in [7, 11) is 3.22. The maximum atomic E-state index is 13.8. The van der Waals surface area contributed by atoms with Gasteiger partial charge in [0.2, 0.25) is 0 Å². The van der Waals surface area contributed by atoms with Gasteiger partial charge in [0.25, 0.3) is 0 Å². The Morgan fingerprint density at radius 1 is 1.06 bits per heavy atom. The summed E-state index contributed by atoms with van der Waals surface area (Å²) < 4.78 is 16.6. The highest BCUT2D eigenvalue weighted by atomic mass is 16.5. The number of dihydropyridines is 1. The van der Waals surface area contributed by atoms with Crippen LogP contribution in [0.25, 0.3) is 0 Å². The molecule has 1 aliphatic carbocycles. The summed E-state index contributed by atoms with van der Waals surface area (Å²) in [6.07, 6.45) is 1.53. The van der Waals surface area contributed by atoms with Crippen LogP contribution >= 0.6 is 0 Å². The van der Waals surface area contributed by atoms with Crippen molar-refractivity contribution >= 4 is 11.8 Å². The van der Waals surface area contributed by atoms with E-state index in [1.165, 1.54) is 0 Å². The quantitative estimate of drug-likeness (QED) is 0.502. The molecule has 190 valence electrons. The SMILES string of the molecule is CC[C@H](C)OC(=O)C1=C(C)NC2=C(C(=O)C[C@H](c3ccc(OC)c(OC)c3)C2)[C@@H]1c1ccccc1C. The lowest BCUT2D eigenvalue weighted by molar-refractivity contribution is -0.144. The zero-order chi connectivity index (χ0) is 26.0. The lowest BCUT2D eigenvalue weighted by Crippen LogP contribution is -2.36. The van der Waals surface area contributed by atoms with Crippen LogP contribution in [0.15, 0.2) is 65.0 Å². The van der Waals surface area contributed by atoms with Gasteiger partial charge in [0.1, 0.15) is 0 Å². The van der Waals surface area contributed by atoms with Crippen molar-refractivity contribution in [3.05, 3.63) is 81.7 Å². The number of hydrogen-bond acceptors (Lipinski definition) is 6. The van der Waals surface area contributed by atoms with Gasteiger partial charge in [0, 0.05) is 29.3 Å². The van der Waals surface area contributed by atoms with Crippen LogP contribution in [-0.4, -0.2) is 32.1 Å². The molecule has 1 aliphatic heterocycles. The number of nitrogens with one attached hydrogen (secondary N) is 1. The van der Waals surface area contributed by atoms with E-state index >= 15 is 0 Å². The zero-order valence-electron chi connectivity index (χ0n) is 21.9. The Labute approximate surface area is 213 Å². The summed E-state index contributed by atoms with van der Waals surface area (Å²) in [5, 5.41) is 3.42. The first-order valence-corrected chi connectivity index (χ1v) is 12.5. The highest BCUT2D eigenvalue weighted by Crippen LogP contribution is 2.47. The van der Waals surface area contributed by atoms with E-state index < -0.39 is 5.92 Å². The zero-order valence-corrected chi connectivity index (χ0v) is 21.9. The highest BCUT2D eigenvalue weighted by molar-refractivity contribution is 6.04. The van der Waals surface area contributed by atoms with E-state index in [9.17, 15) is 9.59 Å². The van der Waals surface area contributed by atoms with E-state index in [1.807, 2.05) is 70.2 Å². The van der Waals surface area contributed by atoms with Gasteiger partial charge in [0.05, 0.1) is 25.9 Å². The predicted molar refractivity (Wildman–Crippen MR) is 139 cm³/mol. The van der Waals surface area contributed by atoms with Crippen molar-refractivity contribution in [1.82, 2.24) is 5.32 Å². The van der Waals surface area contributed by atoms with Crippen LogP contribution in [0.3, 0.4) is 0 Å². The van der Waals surface area contributed by atoms with E-state index in [2.05, 4.69) is 5.32 Å². The number of aryl methyl sites for hydroxylation is 1. The molecule has 3 atom stereocenters. The second-order valence-electron chi connectivity index (χ2n) is 9.61. The molecular weight excluding hydrogens is 454 g/mol. The van der Waals surface area contributed by atoms with Crippen molar-refractivity contribution in [2.75, 3.05) is 14.2 Å². The number of hydrogen-bond donors (Lipinski definition) is 1. The molecule has 2 aliphatic rings. The number of carbonyl (C=O) groups is 2. The maximum absolute atomic E-state index is 13.8. The molecule has 0 radical (unpaired) electrons. The normalized spacial score (nSPS) is 20.4. The average molecular weight is 490 g/mol. The average Bonchev–Trinajstić information content (AvgIpc) is 2.87. The fraction of sp³-hybridized carbons (Fsp3) is 0.400. The standard InChI is InChI=1S/C30H35NO5/c1-7-18(3)36-30(33)27-19(4)31-23-14-21(20-12-13-25(34-5)26(16-20)35-6)15-24(32)29(23)28(27)22-11-9-8-10-17(22)2/h8-13,16,18,21,28,31H,7,14-15H2,1-6H3/t18-,21+,28+/m0/s1. The summed E-state index contributed by atoms with van der Waals surface area (Å²) in [6, 6.07) is 13.8. The Hall–Kier alpha value is -3.54. The Morgan fingerprint density at radius 3 is 2.44 bits per heavy atom. The summed E-state index contributed by atoms with van der Waals surface area (Å²) >= 11 is 0. The number of allylic oxidation sites excluding steroid dienone is 3. The molecule has 0 saturated carbocycles. The van der Waals surface area contributed by atoms with E-state index in [0.29, 0.717) is 35.5 Å². The lowest BCUT2D eigenvalue weighted by atomic mass is 9.71. The van der Waals surface area contributed by atoms with Crippen molar-refractivity contribution in [2.45, 2.75) is 64.9 Å². The Kier molecular flexibility index (Phi) is 7.53. The molecule has 0 aromatic heterocycles. The first-order chi connectivity index (χ1) is 17.3. The van der Waals surface area contributed by atoms with Crippen LogP contribution in [0.2, 0.25) is 0 Å². The van der Waals surface area contributed by atoms with E-state index in [4.69, 9.17) is 14.2 Å². The molecule has 0 amide bonds. The minimum atomic E-state index is -0.460. The Balaban J connectivity index is 1.77. The van der Waals surface area contributed by atoms with Gasteiger partial charge in [0.15, 0.2) is 17.3 Å². The van der Waals surface area contributed by atoms with E-state index in [-0.39, 0.29) is 23.8 Å². The van der Waals surface area contributed by atoms with Gasteiger partial charge in [-0.15, -0.1) is 0 Å². The third kappa shape index (κ3) is 4.77. The summed E-state index contributed by atoms with van der Waals surface area (Å²) in [5.41, 5.74) is 5.80. The summed E-state index contributed by atoms with van der Waals surface area (Å²) in [5.74, 6) is 0.493. The number of rotatable bonds is 7. The van der Waals surface area contributed by atoms with Gasteiger partial charge in [-0.2, -0.15) is 0 Å². The first kappa shape index (κ1) is 25.5. The van der Waals surface area contributed by atoms with E-state index in [1.54, 1.807) is 14.2 Å². The number of ketones is 1. The monoisotopic (exact) mass is 489 g/mol. The van der Waals surface area contributed by atoms with Crippen LogP contribution in [0.5, 0.6) is 11.5 Å². The van der Waals surface area contributed by atoms with Crippen LogP contribution in [0, 0.1) is 6.92 Å². The topological polar surface area (TPSA) is 73.9 Å². The van der Waals surface area contributed by atoms with Crippen molar-refractivity contribution < 1.29 is 23.8 Å². The molecule has 36 heavy (non-hydrogen) atoms. The van der Waals surface area contributed by atoms with Gasteiger partial charge >= 0.3 is 5.97 Å². The second-order valence-corrected chi connectivity index (χ2v) is 9.61. The molecule has 0 fully saturated rings. The maximum Gasteiger partial charge on any atom is 0.337 e. The van der Waals surface area contributed by atoms with Crippen molar-refractivity contribution in [3.63, 3.8) is 0 Å². The van der Waals surface area contributed by atoms with Crippen LogP contribution in [-0.2, 0) is 14.3 Å². The third-order valence-electron chi connectivity index (χ3n) is 7.31. The number of Topliss-reactive ketones (excluding diaryl/α,β-unsaturated/α-hetero) is 1. The predicted octanol–water partition coefficient (Wildman–Crippen LogP) is 5.72. The van der Waals surface area contributed by atoms with Gasteiger partial charge in [-0.05, 0) is 68.4 Å². The van der Waals surface area contributed by atoms with Crippen molar-refractivity contribution in [2.24, 2.45) is 0 Å². The lowest BCUT2D eigenvalue weighted by Gasteiger charge is -2.37. The molecule has 0 bridgehead atoms. The molecule has 0 spiro atoms. The number of benzene rings is 2. The molecule has 4 rings (SSSR count). The number of ether oxygens (including phenoxy) is 3. The fourth-order valence-electron chi connectivity index (χ4n) is 5.20. The number of carbonyl (C=O) groups excluding carboxylic acids is 2. The minimum Gasteiger partial charge on any atom is -0.493 e. The molecule has 2 aromatic carbocycles. The number of methoxy groups -OCH3 is 2. The van der Waals surface area contributed by atoms with Gasteiger partial charge in [-0.3, -0.25) is 4.79 Å². The molecule has 0 saturated heterocycles. The van der Waals surface area contributed by atoms with Gasteiger partial charge in [-0.25, -0.2) is 4.79 Å². The van der Waals surface area contributed by atoms with E-state index in [0.717, 1.165) is 34.5 Å². The third-order valence-corrected chi connectivity index (χ3v) is 7.31. The molecular formula is C30H35NO5. The summed E-state index contributed by atoms with van der Waals surface area (Å²) in [6.45, 7) is 7.78. The van der Waals surface area contributed by atoms with Crippen molar-refractivity contribution in [1.29, 1.82) is 0 Å². The van der Waals surface area contributed by atoms with Crippen LogP contribution in [0.4, 0.5) is 0 Å². The largest absolute Gasteiger partial charge is 0.493 e. The molecule has 0 unspecified atom stereocenters. The molecule has 1 N–H and O–H groups in total. The molecule has 2 aromatic rings. The molecule has 6 heteroatoms. The van der Waals surface area contributed by atoms with Crippen LogP contribution < -0.4 is 14.8 Å². The first-order valence-electron chi connectivity index (χ1n) is 12.5. The number of esters is 1. The smallest absolute Gasteiger partial charge is 0.337 e. The highest BCUT2D eigenvalue weighted by Gasteiger charge is 2.42. The fourth-order valence-corrected chi connectivity index (χ4v) is 5.20. The van der Waals surface area contributed by atoms with Gasteiger partial charge in [-0.1, -0.05) is 37.3 Å². The van der Waals surface area contributed by atoms with Crippen LogP contribution in [0.1, 0.15) is 68.6 Å². The molecule has 1 heterocycles. The van der Waals surface area contributed by atoms with Gasteiger partial charge < -0.3 is 19.5 Å². The summed E-state index contributed by atoms with van der Waals surface area (Å²) in [4.78, 5) is 27.2. The van der Waals surface area contributed by atoms with Crippen molar-refractivity contribution in [3.8, 4) is 11.5 Å². The minimum absolute atomic E-state index is 0.0116. The molecule has 6 nitrogen and oxygen atoms in total. The Bertz CT molecular complexity index is 1240. The Morgan fingerprint density at radius 2 is 1.78 bits per heavy atom. The second kappa shape index (κ2) is 10.6.